The first-order valence-electron chi connectivity index (χ1n) is 8.37. The molecule has 0 rings (SSSR count). The van der Waals surface area contributed by atoms with Crippen molar-refractivity contribution in [2.24, 2.45) is 0 Å². The molecule has 0 radical (unpaired) electrons. The summed E-state index contributed by atoms with van der Waals surface area (Å²) in [5.41, 5.74) is 3.65. The van der Waals surface area contributed by atoms with Gasteiger partial charge >= 0.3 is 0 Å². The molecule has 23 heavy (non-hydrogen) atoms. The van der Waals surface area contributed by atoms with Crippen molar-refractivity contribution in [3.63, 3.8) is 0 Å². The third-order valence-electron chi connectivity index (χ3n) is 3.89. The second kappa shape index (κ2) is 11.9. The van der Waals surface area contributed by atoms with Gasteiger partial charge in [0.05, 0.1) is 12.2 Å². The number of hydrogen-bond donors (Lipinski definition) is 0. The number of hydrogen-bond acceptors (Lipinski definition) is 1. The van der Waals surface area contributed by atoms with Crippen LogP contribution in [0.5, 0.6) is 0 Å². The van der Waals surface area contributed by atoms with Gasteiger partial charge in [-0.2, -0.15) is 0 Å². The Morgan fingerprint density at radius 3 is 1.91 bits per heavy atom. The van der Waals surface area contributed by atoms with Crippen LogP contribution in [0.3, 0.4) is 0 Å². The van der Waals surface area contributed by atoms with Crippen molar-refractivity contribution in [1.82, 2.24) is 0 Å². The van der Waals surface area contributed by atoms with E-state index in [1.807, 2.05) is 24.3 Å². The Balaban J connectivity index is 5.76. The minimum Gasteiger partial charge on any atom is -0.367 e. The zero-order valence-corrected chi connectivity index (χ0v) is 15.4. The molecule has 0 aromatic rings. The zero-order valence-electron chi connectivity index (χ0n) is 15.4. The van der Waals surface area contributed by atoms with Crippen LogP contribution in [0.4, 0.5) is 0 Å². The summed E-state index contributed by atoms with van der Waals surface area (Å²) < 4.78 is 6.23. The van der Waals surface area contributed by atoms with Gasteiger partial charge < -0.3 is 4.74 Å². The lowest BCUT2D eigenvalue weighted by molar-refractivity contribution is 0.00575. The fraction of sp³-hybridized carbons (Fsp3) is 0.455. The fourth-order valence-electron chi connectivity index (χ4n) is 2.75. The number of ether oxygens (including phenoxy) is 1. The van der Waals surface area contributed by atoms with E-state index in [9.17, 15) is 0 Å². The maximum atomic E-state index is 6.23. The molecule has 0 aliphatic heterocycles. The molecule has 0 saturated carbocycles. The minimum absolute atomic E-state index is 0.324. The molecule has 1 nitrogen and oxygen atoms in total. The minimum atomic E-state index is -0.324. The lowest BCUT2D eigenvalue weighted by Crippen LogP contribution is -2.32. The van der Waals surface area contributed by atoms with Crippen LogP contribution in [0.25, 0.3) is 0 Å². The van der Waals surface area contributed by atoms with Crippen LogP contribution in [-0.2, 0) is 4.74 Å². The van der Waals surface area contributed by atoms with Crippen molar-refractivity contribution < 1.29 is 4.74 Å². The highest BCUT2D eigenvalue weighted by Gasteiger charge is 2.30. The standard InChI is InChI=1S/C22H34O/c1-8-13-20(14-9-2)21(15-10-3)22(7,23-18-11-4)17-12-16-19(5)6/h8-11,16H,1-4,12-15,17-18H2,5-7H3. The largest absolute Gasteiger partial charge is 0.367 e. The average molecular weight is 315 g/mol. The average Bonchev–Trinajstić information content (AvgIpc) is 2.50. The summed E-state index contributed by atoms with van der Waals surface area (Å²) in [6.07, 6.45) is 14.4. The first-order chi connectivity index (χ1) is 10.9. The van der Waals surface area contributed by atoms with Crippen molar-refractivity contribution in [3.8, 4) is 0 Å². The third kappa shape index (κ3) is 7.99. The lowest BCUT2D eigenvalue weighted by Gasteiger charge is -2.34. The van der Waals surface area contributed by atoms with Gasteiger partial charge in [0.15, 0.2) is 0 Å². The highest BCUT2D eigenvalue weighted by Crippen LogP contribution is 2.35. The quantitative estimate of drug-likeness (QED) is 0.343. The summed E-state index contributed by atoms with van der Waals surface area (Å²) in [6, 6.07) is 0. The van der Waals surface area contributed by atoms with Crippen LogP contribution in [0.15, 0.2) is 73.4 Å². The summed E-state index contributed by atoms with van der Waals surface area (Å²) in [4.78, 5) is 0. The smallest absolute Gasteiger partial charge is 0.0876 e. The topological polar surface area (TPSA) is 9.23 Å². The van der Waals surface area contributed by atoms with Gasteiger partial charge in [0, 0.05) is 0 Å². The predicted molar refractivity (Wildman–Crippen MR) is 105 cm³/mol. The van der Waals surface area contributed by atoms with Crippen molar-refractivity contribution in [2.45, 2.75) is 58.5 Å². The van der Waals surface area contributed by atoms with E-state index in [2.05, 4.69) is 53.2 Å². The molecule has 0 saturated heterocycles. The summed E-state index contributed by atoms with van der Waals surface area (Å²) in [5.74, 6) is 0. The maximum absolute atomic E-state index is 6.23. The molecule has 0 spiro atoms. The lowest BCUT2D eigenvalue weighted by atomic mass is 9.82. The molecule has 0 amide bonds. The molecule has 0 aromatic carbocycles. The third-order valence-corrected chi connectivity index (χ3v) is 3.89. The van der Waals surface area contributed by atoms with E-state index in [1.54, 1.807) is 0 Å². The van der Waals surface area contributed by atoms with Crippen LogP contribution in [0.1, 0.15) is 52.9 Å². The van der Waals surface area contributed by atoms with E-state index in [1.165, 1.54) is 16.7 Å². The Morgan fingerprint density at radius 1 is 0.913 bits per heavy atom. The van der Waals surface area contributed by atoms with E-state index in [-0.39, 0.29) is 5.60 Å². The molecule has 0 heterocycles. The first-order valence-corrected chi connectivity index (χ1v) is 8.37. The molecule has 0 aromatic heterocycles. The van der Waals surface area contributed by atoms with Gasteiger partial charge in [-0.1, -0.05) is 41.5 Å². The van der Waals surface area contributed by atoms with Crippen molar-refractivity contribution in [1.29, 1.82) is 0 Å². The van der Waals surface area contributed by atoms with Crippen LogP contribution in [0.2, 0.25) is 0 Å². The van der Waals surface area contributed by atoms with Crippen molar-refractivity contribution >= 4 is 0 Å². The van der Waals surface area contributed by atoms with E-state index < -0.39 is 0 Å². The van der Waals surface area contributed by atoms with Gasteiger partial charge in [-0.05, 0) is 58.4 Å². The second-order valence-corrected chi connectivity index (χ2v) is 6.21. The molecule has 0 N–H and O–H groups in total. The van der Waals surface area contributed by atoms with Crippen molar-refractivity contribution in [3.05, 3.63) is 73.4 Å². The molecule has 0 aliphatic rings. The van der Waals surface area contributed by atoms with Gasteiger partial charge in [-0.25, -0.2) is 0 Å². The Bertz CT molecular complexity index is 448. The highest BCUT2D eigenvalue weighted by molar-refractivity contribution is 5.29. The second-order valence-electron chi connectivity index (χ2n) is 6.21. The maximum Gasteiger partial charge on any atom is 0.0876 e. The van der Waals surface area contributed by atoms with Crippen LogP contribution in [-0.4, -0.2) is 12.2 Å². The zero-order chi connectivity index (χ0) is 17.7. The molecule has 128 valence electrons. The summed E-state index contributed by atoms with van der Waals surface area (Å²) in [5, 5.41) is 0. The van der Waals surface area contributed by atoms with E-state index in [0.29, 0.717) is 6.61 Å². The normalized spacial score (nSPS) is 12.7. The Hall–Kier alpha value is -1.60. The molecular weight excluding hydrogens is 280 g/mol. The Kier molecular flexibility index (Phi) is 11.1. The molecule has 1 unspecified atom stereocenters. The predicted octanol–water partition coefficient (Wildman–Crippen LogP) is 6.72. The molecule has 1 atom stereocenters. The molecule has 1 heteroatoms. The van der Waals surface area contributed by atoms with E-state index >= 15 is 0 Å². The van der Waals surface area contributed by atoms with Gasteiger partial charge in [0.1, 0.15) is 0 Å². The van der Waals surface area contributed by atoms with Gasteiger partial charge in [0.2, 0.25) is 0 Å². The fourth-order valence-corrected chi connectivity index (χ4v) is 2.75. The first kappa shape index (κ1) is 21.4. The molecule has 0 bridgehead atoms. The Labute approximate surface area is 143 Å². The van der Waals surface area contributed by atoms with Crippen LogP contribution >= 0.6 is 0 Å². The van der Waals surface area contributed by atoms with Crippen LogP contribution in [0, 0.1) is 0 Å². The van der Waals surface area contributed by atoms with Gasteiger partial charge in [-0.3, -0.25) is 0 Å². The van der Waals surface area contributed by atoms with Gasteiger partial charge in [0.25, 0.3) is 0 Å². The van der Waals surface area contributed by atoms with E-state index in [4.69, 9.17) is 4.74 Å². The Morgan fingerprint density at radius 2 is 1.48 bits per heavy atom. The number of allylic oxidation sites excluding steroid dienone is 6. The summed E-state index contributed by atoms with van der Waals surface area (Å²) >= 11 is 0. The highest BCUT2D eigenvalue weighted by atomic mass is 16.5. The monoisotopic (exact) mass is 314 g/mol. The summed E-state index contributed by atoms with van der Waals surface area (Å²) in [7, 11) is 0. The van der Waals surface area contributed by atoms with E-state index in [0.717, 1.165) is 32.1 Å². The molecule has 0 aliphatic carbocycles. The van der Waals surface area contributed by atoms with Crippen LogP contribution < -0.4 is 0 Å². The molecule has 0 fully saturated rings. The van der Waals surface area contributed by atoms with Gasteiger partial charge in [-0.15, -0.1) is 26.3 Å². The molecular formula is C22H34O. The van der Waals surface area contributed by atoms with Crippen molar-refractivity contribution in [2.75, 3.05) is 6.61 Å². The summed E-state index contributed by atoms with van der Waals surface area (Å²) in [6.45, 7) is 22.5. The number of rotatable bonds is 13. The SMILES string of the molecule is C=CCOC(C)(CCC=C(C)C)C(CC=C)=C(CC=C)CC=C.